The first-order valence-electron chi connectivity index (χ1n) is 7.77. The van der Waals surface area contributed by atoms with Crippen molar-refractivity contribution in [3.05, 3.63) is 41.2 Å². The molecule has 0 unspecified atom stereocenters. The summed E-state index contributed by atoms with van der Waals surface area (Å²) in [6.45, 7) is 6.13. The maximum absolute atomic E-state index is 14.6. The number of hydrogen-bond acceptors (Lipinski definition) is 4. The number of methoxy groups -OCH3 is 1. The molecule has 24 heavy (non-hydrogen) atoms. The number of carbonyl (C=O) groups excluding carboxylic acids is 2. The Hall–Kier alpha value is -2.37. The molecular formula is C18H22FNO4. The van der Waals surface area contributed by atoms with Gasteiger partial charge < -0.3 is 14.4 Å². The summed E-state index contributed by atoms with van der Waals surface area (Å²) in [5.41, 5.74) is 0.237. The molecule has 0 aromatic heterocycles. The molecule has 130 valence electrons. The molecule has 0 saturated heterocycles. The van der Waals surface area contributed by atoms with Crippen LogP contribution < -0.4 is 0 Å². The van der Waals surface area contributed by atoms with Crippen LogP contribution in [0.25, 0.3) is 5.57 Å². The molecule has 0 atom stereocenters. The molecule has 0 radical (unpaired) electrons. The third-order valence-corrected chi connectivity index (χ3v) is 3.55. The lowest BCUT2D eigenvalue weighted by Crippen LogP contribution is -2.39. The van der Waals surface area contributed by atoms with Gasteiger partial charge in [-0.2, -0.15) is 0 Å². The molecule has 0 bridgehead atoms. The highest BCUT2D eigenvalue weighted by molar-refractivity contribution is 5.91. The Kier molecular flexibility index (Phi) is 5.26. The Morgan fingerprint density at radius 2 is 1.96 bits per heavy atom. The normalized spacial score (nSPS) is 14.9. The minimum Gasteiger partial charge on any atom is -0.465 e. The largest absolute Gasteiger partial charge is 0.465 e. The predicted octanol–water partition coefficient (Wildman–Crippen LogP) is 3.64. The summed E-state index contributed by atoms with van der Waals surface area (Å²) < 4.78 is 24.6. The average molecular weight is 335 g/mol. The van der Waals surface area contributed by atoms with Crippen LogP contribution >= 0.6 is 0 Å². The van der Waals surface area contributed by atoms with E-state index in [0.29, 0.717) is 24.1 Å². The van der Waals surface area contributed by atoms with Gasteiger partial charge in [-0.25, -0.2) is 14.0 Å². The van der Waals surface area contributed by atoms with E-state index in [4.69, 9.17) is 4.74 Å². The Morgan fingerprint density at radius 3 is 2.58 bits per heavy atom. The summed E-state index contributed by atoms with van der Waals surface area (Å²) in [5, 5.41) is 0. The lowest BCUT2D eigenvalue weighted by molar-refractivity contribution is 0.0272. The summed E-state index contributed by atoms with van der Waals surface area (Å²) in [5.74, 6) is -1.36. The van der Waals surface area contributed by atoms with Crippen molar-refractivity contribution in [2.24, 2.45) is 0 Å². The van der Waals surface area contributed by atoms with Gasteiger partial charge in [0.1, 0.15) is 11.4 Å². The molecule has 6 heteroatoms. The van der Waals surface area contributed by atoms with E-state index in [1.807, 2.05) is 6.08 Å². The van der Waals surface area contributed by atoms with Crippen LogP contribution in [-0.2, 0) is 9.47 Å². The highest BCUT2D eigenvalue weighted by atomic mass is 19.1. The number of carbonyl (C=O) groups is 2. The second-order valence-electron chi connectivity index (χ2n) is 6.58. The van der Waals surface area contributed by atoms with Gasteiger partial charge in [-0.1, -0.05) is 18.2 Å². The molecule has 1 aliphatic heterocycles. The lowest BCUT2D eigenvalue weighted by atomic mass is 9.98. The van der Waals surface area contributed by atoms with Gasteiger partial charge >= 0.3 is 12.1 Å². The molecule has 0 spiro atoms. The van der Waals surface area contributed by atoms with Gasteiger partial charge in [-0.3, -0.25) is 0 Å². The van der Waals surface area contributed by atoms with E-state index >= 15 is 0 Å². The van der Waals surface area contributed by atoms with Crippen molar-refractivity contribution in [1.29, 1.82) is 0 Å². The molecule has 0 fully saturated rings. The molecule has 0 N–H and O–H groups in total. The zero-order valence-corrected chi connectivity index (χ0v) is 14.4. The Balaban J connectivity index is 2.23. The average Bonchev–Trinajstić information content (AvgIpc) is 2.53. The number of benzene rings is 1. The summed E-state index contributed by atoms with van der Waals surface area (Å²) in [4.78, 5) is 25.4. The highest BCUT2D eigenvalue weighted by Gasteiger charge is 2.26. The molecule has 1 aromatic carbocycles. The fraction of sp³-hybridized carbons (Fsp3) is 0.444. The minimum absolute atomic E-state index is 0.120. The van der Waals surface area contributed by atoms with Crippen molar-refractivity contribution in [2.75, 3.05) is 20.2 Å². The molecule has 1 heterocycles. The van der Waals surface area contributed by atoms with Crippen LogP contribution in [0, 0.1) is 5.82 Å². The quantitative estimate of drug-likeness (QED) is 0.774. The van der Waals surface area contributed by atoms with E-state index in [2.05, 4.69) is 4.74 Å². The van der Waals surface area contributed by atoms with Crippen LogP contribution in [-0.4, -0.2) is 42.8 Å². The summed E-state index contributed by atoms with van der Waals surface area (Å²) in [6.07, 6.45) is 2.04. The van der Waals surface area contributed by atoms with Crippen molar-refractivity contribution in [3.63, 3.8) is 0 Å². The van der Waals surface area contributed by atoms with Crippen LogP contribution in [0.2, 0.25) is 0 Å². The van der Waals surface area contributed by atoms with Gasteiger partial charge in [0.25, 0.3) is 0 Å². The minimum atomic E-state index is -0.727. The third kappa shape index (κ3) is 4.13. The fourth-order valence-electron chi connectivity index (χ4n) is 2.47. The summed E-state index contributed by atoms with van der Waals surface area (Å²) in [7, 11) is 1.21. The maximum atomic E-state index is 14.6. The van der Waals surface area contributed by atoms with E-state index in [9.17, 15) is 14.0 Å². The molecule has 0 aliphatic carbocycles. The maximum Gasteiger partial charge on any atom is 0.410 e. The van der Waals surface area contributed by atoms with Crippen molar-refractivity contribution in [1.82, 2.24) is 4.90 Å². The van der Waals surface area contributed by atoms with Gasteiger partial charge in [0.2, 0.25) is 0 Å². The summed E-state index contributed by atoms with van der Waals surface area (Å²) in [6, 6.07) is 4.56. The number of ether oxygens (including phenoxy) is 2. The first-order chi connectivity index (χ1) is 11.2. The van der Waals surface area contributed by atoms with Gasteiger partial charge in [0.05, 0.1) is 12.7 Å². The van der Waals surface area contributed by atoms with Gasteiger partial charge in [0.15, 0.2) is 0 Å². The summed E-state index contributed by atoms with van der Waals surface area (Å²) >= 11 is 0. The van der Waals surface area contributed by atoms with Crippen molar-refractivity contribution < 1.29 is 23.5 Å². The Bertz CT molecular complexity index is 676. The van der Waals surface area contributed by atoms with Gasteiger partial charge in [0, 0.05) is 18.7 Å². The standard InChI is InChI=1S/C18H22FNO4/c1-18(2,3)24-17(22)20-10-6-7-12(11-20)13-8-5-9-14(15(13)19)16(21)23-4/h5,7-9H,6,10-11H2,1-4H3. The first kappa shape index (κ1) is 18.0. The molecule has 1 amide bonds. The monoisotopic (exact) mass is 335 g/mol. The molecule has 1 aromatic rings. The Morgan fingerprint density at radius 1 is 1.25 bits per heavy atom. The van der Waals surface area contributed by atoms with Crippen molar-refractivity contribution in [3.8, 4) is 0 Å². The number of nitrogens with zero attached hydrogens (tertiary/aromatic N) is 1. The van der Waals surface area contributed by atoms with Gasteiger partial charge in [-0.05, 0) is 38.8 Å². The number of hydrogen-bond donors (Lipinski definition) is 0. The smallest absolute Gasteiger partial charge is 0.410 e. The van der Waals surface area contributed by atoms with E-state index in [-0.39, 0.29) is 12.1 Å². The van der Waals surface area contributed by atoms with E-state index < -0.39 is 23.5 Å². The van der Waals surface area contributed by atoms with Crippen LogP contribution in [0.4, 0.5) is 9.18 Å². The fourth-order valence-corrected chi connectivity index (χ4v) is 2.47. The Labute approximate surface area is 141 Å². The van der Waals surface area contributed by atoms with Crippen LogP contribution in [0.3, 0.4) is 0 Å². The topological polar surface area (TPSA) is 55.8 Å². The van der Waals surface area contributed by atoms with Crippen LogP contribution in [0.15, 0.2) is 24.3 Å². The van der Waals surface area contributed by atoms with Crippen LogP contribution in [0.1, 0.15) is 43.1 Å². The first-order valence-corrected chi connectivity index (χ1v) is 7.77. The second-order valence-corrected chi connectivity index (χ2v) is 6.58. The molecular weight excluding hydrogens is 313 g/mol. The molecule has 2 rings (SSSR count). The molecule has 0 saturated carbocycles. The van der Waals surface area contributed by atoms with Crippen molar-refractivity contribution >= 4 is 17.6 Å². The number of esters is 1. The van der Waals surface area contributed by atoms with E-state index in [0.717, 1.165) is 0 Å². The second kappa shape index (κ2) is 7.03. The highest BCUT2D eigenvalue weighted by Crippen LogP contribution is 2.26. The zero-order chi connectivity index (χ0) is 17.9. The van der Waals surface area contributed by atoms with Crippen molar-refractivity contribution in [2.45, 2.75) is 32.8 Å². The number of halogens is 1. The lowest BCUT2D eigenvalue weighted by Gasteiger charge is -2.30. The molecule has 5 nitrogen and oxygen atoms in total. The number of rotatable bonds is 2. The van der Waals surface area contributed by atoms with E-state index in [1.54, 1.807) is 32.9 Å². The SMILES string of the molecule is COC(=O)c1cccc(C2=CCCN(C(=O)OC(C)(C)C)C2)c1F. The third-order valence-electron chi connectivity index (χ3n) is 3.55. The molecule has 1 aliphatic rings. The number of amides is 1. The predicted molar refractivity (Wildman–Crippen MR) is 88.1 cm³/mol. The van der Waals surface area contributed by atoms with Gasteiger partial charge in [-0.15, -0.1) is 0 Å². The zero-order valence-electron chi connectivity index (χ0n) is 14.4. The van der Waals surface area contributed by atoms with E-state index in [1.165, 1.54) is 18.1 Å². The van der Waals surface area contributed by atoms with Crippen LogP contribution in [0.5, 0.6) is 0 Å².